The van der Waals surface area contributed by atoms with E-state index in [4.69, 9.17) is 33.6 Å². The number of nitrogens with zero attached hydrogens (tertiary/aromatic N) is 2. The Hall–Kier alpha value is -2.46. The molecule has 1 aliphatic heterocycles. The summed E-state index contributed by atoms with van der Waals surface area (Å²) < 4.78 is 10.5. The van der Waals surface area contributed by atoms with Crippen LogP contribution in [-0.2, 0) is 14.3 Å². The fraction of sp³-hybridized carbons (Fsp3) is 0.333. The van der Waals surface area contributed by atoms with Gasteiger partial charge in [0.15, 0.2) is 21.5 Å². The molecular weight excluding hydrogens is 364 g/mol. The maximum atomic E-state index is 12.0. The molecule has 2 heterocycles. The lowest BCUT2D eigenvalue weighted by atomic mass is 10.4. The van der Waals surface area contributed by atoms with Crippen molar-refractivity contribution >= 4 is 46.2 Å². The van der Waals surface area contributed by atoms with Crippen LogP contribution in [0.4, 0.5) is 0 Å². The van der Waals surface area contributed by atoms with Crippen LogP contribution in [0.2, 0.25) is 0 Å². The Kier molecular flexibility index (Phi) is 6.48. The summed E-state index contributed by atoms with van der Waals surface area (Å²) >= 11 is 10.4. The van der Waals surface area contributed by atoms with Gasteiger partial charge in [-0.2, -0.15) is 0 Å². The van der Waals surface area contributed by atoms with Crippen molar-refractivity contribution in [1.82, 2.24) is 20.9 Å². The van der Waals surface area contributed by atoms with Crippen LogP contribution in [0.15, 0.2) is 34.6 Å². The van der Waals surface area contributed by atoms with Gasteiger partial charge in [-0.1, -0.05) is 24.4 Å². The number of hydrogen-bond donors (Lipinski definition) is 2. The Morgan fingerprint density at radius 3 is 2.32 bits per heavy atom. The maximum absolute atomic E-state index is 12.0. The summed E-state index contributed by atoms with van der Waals surface area (Å²) in [5.74, 6) is -0.0502. The molecular formula is C15H18N4O4S2. The summed E-state index contributed by atoms with van der Waals surface area (Å²) in [6, 6.07) is 3.36. The molecule has 1 aromatic rings. The normalized spacial score (nSPS) is 12.6. The van der Waals surface area contributed by atoms with Crippen molar-refractivity contribution < 1.29 is 18.7 Å². The summed E-state index contributed by atoms with van der Waals surface area (Å²) in [7, 11) is 3.14. The lowest BCUT2D eigenvalue weighted by Gasteiger charge is -2.22. The fourth-order valence-corrected chi connectivity index (χ4v) is 2.35. The number of hydrazine groups is 2. The number of amides is 2. The lowest BCUT2D eigenvalue weighted by Crippen LogP contribution is -2.47. The highest BCUT2D eigenvalue weighted by atomic mass is 32.1. The largest absolute Gasteiger partial charge is 0.490 e. The van der Waals surface area contributed by atoms with Crippen molar-refractivity contribution in [2.24, 2.45) is 0 Å². The molecule has 0 saturated carbocycles. The second-order valence-corrected chi connectivity index (χ2v) is 5.93. The third-order valence-electron chi connectivity index (χ3n) is 3.16. The molecule has 0 unspecified atom stereocenters. The molecule has 25 heavy (non-hydrogen) atoms. The number of furan rings is 1. The van der Waals surface area contributed by atoms with E-state index in [1.54, 1.807) is 26.2 Å². The van der Waals surface area contributed by atoms with Crippen LogP contribution in [0.3, 0.4) is 0 Å². The summed E-state index contributed by atoms with van der Waals surface area (Å²) in [4.78, 5) is 24.6. The number of rotatable bonds is 4. The Labute approximate surface area is 155 Å². The first-order chi connectivity index (χ1) is 11.9. The molecule has 0 fully saturated rings. The first-order valence-corrected chi connectivity index (χ1v) is 8.21. The number of likely N-dealkylation sites (N-methyl/N-ethyl adjacent to an activating group) is 1. The van der Waals surface area contributed by atoms with Gasteiger partial charge in [0.1, 0.15) is 6.42 Å². The highest BCUT2D eigenvalue weighted by Gasteiger charge is 2.19. The topological polar surface area (TPSA) is 87.1 Å². The summed E-state index contributed by atoms with van der Waals surface area (Å²) in [5, 5.41) is 2.66. The smallest absolute Gasteiger partial charge is 0.248 e. The van der Waals surface area contributed by atoms with E-state index in [2.05, 4.69) is 10.9 Å². The van der Waals surface area contributed by atoms with E-state index >= 15 is 0 Å². The van der Waals surface area contributed by atoms with Crippen LogP contribution in [0.5, 0.6) is 0 Å². The fourth-order valence-electron chi connectivity index (χ4n) is 2.00. The molecule has 2 amide bonds. The number of thiocarbonyl (C=S) groups is 2. The van der Waals surface area contributed by atoms with Gasteiger partial charge in [0, 0.05) is 20.5 Å². The quantitative estimate of drug-likeness (QED) is 0.451. The van der Waals surface area contributed by atoms with E-state index < -0.39 is 18.2 Å². The van der Waals surface area contributed by atoms with Gasteiger partial charge in [0.25, 0.3) is 0 Å². The monoisotopic (exact) mass is 382 g/mol. The van der Waals surface area contributed by atoms with Gasteiger partial charge in [-0.05, 0) is 18.2 Å². The Morgan fingerprint density at radius 2 is 1.80 bits per heavy atom. The second kappa shape index (κ2) is 8.58. The summed E-state index contributed by atoms with van der Waals surface area (Å²) in [6.45, 7) is 0.571. The van der Waals surface area contributed by atoms with Crippen LogP contribution < -0.4 is 10.9 Å². The van der Waals surface area contributed by atoms with E-state index in [1.807, 2.05) is 6.08 Å². The second-order valence-electron chi connectivity index (χ2n) is 5.16. The van der Waals surface area contributed by atoms with Crippen LogP contribution >= 0.6 is 24.4 Å². The molecule has 1 aromatic heterocycles. The van der Waals surface area contributed by atoms with Crippen molar-refractivity contribution in [3.05, 3.63) is 36.0 Å². The zero-order valence-electron chi connectivity index (χ0n) is 13.8. The first-order valence-electron chi connectivity index (χ1n) is 7.40. The Bertz CT molecular complexity index is 702. The van der Waals surface area contributed by atoms with Crippen molar-refractivity contribution in [3.63, 3.8) is 0 Å². The molecule has 10 heteroatoms. The molecule has 2 N–H and O–H groups in total. The molecule has 0 spiro atoms. The van der Waals surface area contributed by atoms with Crippen LogP contribution in [-0.4, -0.2) is 52.5 Å². The van der Waals surface area contributed by atoms with Gasteiger partial charge < -0.3 is 9.15 Å². The highest BCUT2D eigenvalue weighted by Crippen LogP contribution is 2.12. The predicted octanol–water partition coefficient (Wildman–Crippen LogP) is 0.903. The average molecular weight is 382 g/mol. The minimum absolute atomic E-state index is 0.294. The zero-order chi connectivity index (χ0) is 18.4. The van der Waals surface area contributed by atoms with Gasteiger partial charge in [0.2, 0.25) is 11.8 Å². The molecule has 0 saturated heterocycles. The summed E-state index contributed by atoms with van der Waals surface area (Å²) in [6.07, 6.45) is 3.72. The van der Waals surface area contributed by atoms with E-state index in [-0.39, 0.29) is 0 Å². The Morgan fingerprint density at radius 1 is 1.16 bits per heavy atom. The van der Waals surface area contributed by atoms with Gasteiger partial charge in [-0.3, -0.25) is 30.5 Å². The van der Waals surface area contributed by atoms with Gasteiger partial charge in [0.05, 0.1) is 12.9 Å². The van der Waals surface area contributed by atoms with Crippen LogP contribution in [0, 0.1) is 0 Å². The minimum Gasteiger partial charge on any atom is -0.490 e. The average Bonchev–Trinajstić information content (AvgIpc) is 3.26. The lowest BCUT2D eigenvalue weighted by molar-refractivity contribution is -0.132. The molecule has 0 aromatic carbocycles. The molecule has 8 nitrogen and oxygen atoms in total. The van der Waals surface area contributed by atoms with Crippen molar-refractivity contribution in [3.8, 4) is 0 Å². The van der Waals surface area contributed by atoms with Crippen molar-refractivity contribution in [2.75, 3.05) is 20.7 Å². The van der Waals surface area contributed by atoms with Gasteiger partial charge in [-0.25, -0.2) is 0 Å². The van der Waals surface area contributed by atoms with E-state index in [0.717, 1.165) is 6.42 Å². The molecule has 134 valence electrons. The molecule has 1 aliphatic rings. The van der Waals surface area contributed by atoms with Crippen molar-refractivity contribution in [2.45, 2.75) is 12.8 Å². The molecule has 0 bridgehead atoms. The van der Waals surface area contributed by atoms with Gasteiger partial charge in [-0.15, -0.1) is 0 Å². The van der Waals surface area contributed by atoms with Crippen LogP contribution in [0.1, 0.15) is 18.6 Å². The number of ether oxygens (including phenoxy) is 1. The molecule has 0 aliphatic carbocycles. The number of nitrogens with one attached hydrogen (secondary N) is 2. The molecule has 0 radical (unpaired) electrons. The summed E-state index contributed by atoms with van der Waals surface area (Å²) in [5.41, 5.74) is 5.02. The van der Waals surface area contributed by atoms with Gasteiger partial charge >= 0.3 is 0 Å². The zero-order valence-corrected chi connectivity index (χ0v) is 15.4. The number of carbonyl (C=O) groups is 2. The Balaban J connectivity index is 1.78. The van der Waals surface area contributed by atoms with E-state index in [9.17, 15) is 9.59 Å². The number of hydrogen-bond acceptors (Lipinski definition) is 6. The molecule has 2 rings (SSSR count). The SMILES string of the molecule is CN(NC(=O)CC(=O)NN(C)C(=S)c1ccco1)C(=S)C1=CCCO1. The number of carbonyl (C=O) groups excluding carboxylic acids is 2. The standard InChI is InChI=1S/C15H18N4O4S2/c1-18(14(24)10-5-3-7-22-10)16-12(20)9-13(21)17-19(2)15(25)11-6-4-8-23-11/h3,5-7H,4,8-9H2,1-2H3,(H,16,20)(H,17,21). The van der Waals surface area contributed by atoms with E-state index in [1.165, 1.54) is 16.3 Å². The highest BCUT2D eigenvalue weighted by molar-refractivity contribution is 7.80. The third kappa shape index (κ3) is 5.26. The first kappa shape index (κ1) is 18.9. The van der Waals surface area contributed by atoms with Crippen molar-refractivity contribution in [1.29, 1.82) is 0 Å². The maximum Gasteiger partial charge on any atom is 0.248 e. The van der Waals surface area contributed by atoms with E-state index in [0.29, 0.717) is 28.1 Å². The minimum atomic E-state index is -0.524. The van der Waals surface area contributed by atoms with Crippen LogP contribution in [0.25, 0.3) is 0 Å². The predicted molar refractivity (Wildman–Crippen MR) is 98.1 cm³/mol. The third-order valence-corrected chi connectivity index (χ3v) is 4.11. The molecule has 0 atom stereocenters.